The first-order valence-electron chi connectivity index (χ1n) is 6.64. The molecule has 94 valence electrons. The third kappa shape index (κ3) is 3.08. The first-order valence-corrected chi connectivity index (χ1v) is 6.64. The molecule has 1 aromatic heterocycles. The van der Waals surface area contributed by atoms with Gasteiger partial charge in [-0.1, -0.05) is 26.2 Å². The third-order valence-electron chi connectivity index (χ3n) is 3.37. The van der Waals surface area contributed by atoms with Crippen LogP contribution in [0.1, 0.15) is 57.9 Å². The number of hydrogen-bond donors (Lipinski definition) is 1. The normalized spacial score (nSPS) is 16.3. The molecule has 1 heterocycles. The highest BCUT2D eigenvalue weighted by molar-refractivity contribution is 5.89. The maximum absolute atomic E-state index is 11.7. The number of carbonyl (C=O) groups is 1. The summed E-state index contributed by atoms with van der Waals surface area (Å²) in [6.07, 6.45) is 9.28. The molecule has 0 bridgehead atoms. The summed E-state index contributed by atoms with van der Waals surface area (Å²) in [5.41, 5.74) is 0. The summed E-state index contributed by atoms with van der Waals surface area (Å²) in [7, 11) is 0. The molecule has 1 aromatic rings. The highest BCUT2D eigenvalue weighted by Crippen LogP contribution is 2.31. The second kappa shape index (κ2) is 5.84. The fraction of sp³-hybridized carbons (Fsp3) is 0.692. The van der Waals surface area contributed by atoms with Crippen LogP contribution in [0.15, 0.2) is 12.3 Å². The first-order chi connectivity index (χ1) is 8.31. The van der Waals surface area contributed by atoms with E-state index in [4.69, 9.17) is 0 Å². The first kappa shape index (κ1) is 12.1. The van der Waals surface area contributed by atoms with Gasteiger partial charge in [0, 0.05) is 12.5 Å². The summed E-state index contributed by atoms with van der Waals surface area (Å²) in [6.45, 7) is 2.09. The average Bonchev–Trinajstić information content (AvgIpc) is 2.95. The molecular formula is C13H21N3O. The lowest BCUT2D eigenvalue weighted by atomic mass is 10.2. The molecule has 4 nitrogen and oxygen atoms in total. The van der Waals surface area contributed by atoms with Crippen LogP contribution in [0.2, 0.25) is 0 Å². The van der Waals surface area contributed by atoms with Gasteiger partial charge in [-0.05, 0) is 19.3 Å². The molecule has 2 rings (SSSR count). The van der Waals surface area contributed by atoms with Crippen LogP contribution in [0, 0.1) is 0 Å². The van der Waals surface area contributed by atoms with Crippen LogP contribution in [0.5, 0.6) is 0 Å². The van der Waals surface area contributed by atoms with Gasteiger partial charge in [-0.15, -0.1) is 0 Å². The molecule has 1 fully saturated rings. The minimum Gasteiger partial charge on any atom is -0.311 e. The van der Waals surface area contributed by atoms with Crippen molar-refractivity contribution < 1.29 is 4.79 Å². The summed E-state index contributed by atoms with van der Waals surface area (Å²) in [5.74, 6) is 0.963. The van der Waals surface area contributed by atoms with E-state index in [1.165, 1.54) is 25.7 Å². The van der Waals surface area contributed by atoms with Crippen LogP contribution < -0.4 is 5.32 Å². The molecule has 0 saturated heterocycles. The predicted molar refractivity (Wildman–Crippen MR) is 67.9 cm³/mol. The third-order valence-corrected chi connectivity index (χ3v) is 3.37. The molecule has 0 radical (unpaired) electrons. The molecule has 1 aliphatic carbocycles. The maximum Gasteiger partial charge on any atom is 0.225 e. The minimum absolute atomic E-state index is 0.103. The number of aromatic nitrogens is 2. The Kier molecular flexibility index (Phi) is 4.18. The van der Waals surface area contributed by atoms with Crippen LogP contribution in [0.3, 0.4) is 0 Å². The van der Waals surface area contributed by atoms with Crippen molar-refractivity contribution in [3.8, 4) is 0 Å². The Hall–Kier alpha value is -1.32. The lowest BCUT2D eigenvalue weighted by Gasteiger charge is -2.14. The molecular weight excluding hydrogens is 214 g/mol. The van der Waals surface area contributed by atoms with E-state index in [2.05, 4.69) is 17.3 Å². The van der Waals surface area contributed by atoms with Gasteiger partial charge in [-0.2, -0.15) is 5.10 Å². The zero-order valence-electron chi connectivity index (χ0n) is 10.5. The van der Waals surface area contributed by atoms with Crippen LogP contribution in [0.25, 0.3) is 0 Å². The van der Waals surface area contributed by atoms with Crippen LogP contribution in [-0.4, -0.2) is 15.7 Å². The van der Waals surface area contributed by atoms with Gasteiger partial charge >= 0.3 is 0 Å². The van der Waals surface area contributed by atoms with Crippen molar-refractivity contribution in [3.05, 3.63) is 12.3 Å². The standard InChI is InChI=1S/C13H21N3O/c1-2-3-8-13(17)15-12-9-10-14-16(12)11-6-4-5-7-11/h9-11H,2-8H2,1H3,(H,15,17). The van der Waals surface area contributed by atoms with Gasteiger partial charge in [0.2, 0.25) is 5.91 Å². The van der Waals surface area contributed by atoms with E-state index in [-0.39, 0.29) is 5.91 Å². The second-order valence-electron chi connectivity index (χ2n) is 4.75. The molecule has 0 aromatic carbocycles. The fourth-order valence-corrected chi connectivity index (χ4v) is 2.40. The summed E-state index contributed by atoms with van der Waals surface area (Å²) < 4.78 is 1.98. The Labute approximate surface area is 102 Å². The Bertz CT molecular complexity index is 366. The van der Waals surface area contributed by atoms with E-state index >= 15 is 0 Å². The van der Waals surface area contributed by atoms with Crippen molar-refractivity contribution in [2.24, 2.45) is 0 Å². The Morgan fingerprint density at radius 2 is 2.29 bits per heavy atom. The van der Waals surface area contributed by atoms with Gasteiger partial charge in [-0.25, -0.2) is 4.68 Å². The van der Waals surface area contributed by atoms with Gasteiger partial charge in [0.15, 0.2) is 0 Å². The maximum atomic E-state index is 11.7. The van der Waals surface area contributed by atoms with Gasteiger partial charge in [0.05, 0.1) is 12.2 Å². The molecule has 0 atom stereocenters. The Morgan fingerprint density at radius 1 is 1.53 bits per heavy atom. The van der Waals surface area contributed by atoms with Crippen molar-refractivity contribution in [2.75, 3.05) is 5.32 Å². The van der Waals surface area contributed by atoms with Gasteiger partial charge in [-0.3, -0.25) is 4.79 Å². The van der Waals surface area contributed by atoms with Crippen molar-refractivity contribution in [1.29, 1.82) is 0 Å². The largest absolute Gasteiger partial charge is 0.311 e. The molecule has 0 aliphatic heterocycles. The SMILES string of the molecule is CCCCC(=O)Nc1ccnn1C1CCCC1. The van der Waals surface area contributed by atoms with Crippen molar-refractivity contribution >= 4 is 11.7 Å². The van der Waals surface area contributed by atoms with E-state index < -0.39 is 0 Å². The number of unbranched alkanes of at least 4 members (excludes halogenated alkanes) is 1. The monoisotopic (exact) mass is 235 g/mol. The topological polar surface area (TPSA) is 46.9 Å². The lowest BCUT2D eigenvalue weighted by molar-refractivity contribution is -0.116. The molecule has 4 heteroatoms. The predicted octanol–water partition coefficient (Wildman–Crippen LogP) is 3.13. The number of anilines is 1. The Balaban J connectivity index is 1.96. The van der Waals surface area contributed by atoms with E-state index in [9.17, 15) is 4.79 Å². The van der Waals surface area contributed by atoms with Gasteiger partial charge in [0.25, 0.3) is 0 Å². The number of nitrogens with zero attached hydrogens (tertiary/aromatic N) is 2. The molecule has 1 amide bonds. The van der Waals surface area contributed by atoms with E-state index in [1.54, 1.807) is 6.20 Å². The highest BCUT2D eigenvalue weighted by Gasteiger charge is 2.20. The highest BCUT2D eigenvalue weighted by atomic mass is 16.1. The van der Waals surface area contributed by atoms with Crippen molar-refractivity contribution in [2.45, 2.75) is 57.9 Å². The fourth-order valence-electron chi connectivity index (χ4n) is 2.40. The summed E-state index contributed by atoms with van der Waals surface area (Å²) in [5, 5.41) is 7.30. The van der Waals surface area contributed by atoms with Gasteiger partial charge < -0.3 is 5.32 Å². The van der Waals surface area contributed by atoms with Crippen LogP contribution >= 0.6 is 0 Å². The molecule has 1 N–H and O–H groups in total. The average molecular weight is 235 g/mol. The summed E-state index contributed by atoms with van der Waals surface area (Å²) in [4.78, 5) is 11.7. The number of hydrogen-bond acceptors (Lipinski definition) is 2. The lowest BCUT2D eigenvalue weighted by Crippen LogP contribution is -2.17. The van der Waals surface area contributed by atoms with E-state index in [0.29, 0.717) is 12.5 Å². The number of carbonyl (C=O) groups excluding carboxylic acids is 1. The zero-order chi connectivity index (χ0) is 12.1. The number of amides is 1. The van der Waals surface area contributed by atoms with Crippen LogP contribution in [0.4, 0.5) is 5.82 Å². The quantitative estimate of drug-likeness (QED) is 0.852. The molecule has 17 heavy (non-hydrogen) atoms. The molecule has 1 aliphatic rings. The summed E-state index contributed by atoms with van der Waals surface area (Å²) >= 11 is 0. The number of rotatable bonds is 5. The Morgan fingerprint density at radius 3 is 3.00 bits per heavy atom. The number of nitrogens with one attached hydrogen (secondary N) is 1. The van der Waals surface area contributed by atoms with Crippen molar-refractivity contribution in [1.82, 2.24) is 9.78 Å². The summed E-state index contributed by atoms with van der Waals surface area (Å²) in [6, 6.07) is 2.37. The minimum atomic E-state index is 0.103. The zero-order valence-corrected chi connectivity index (χ0v) is 10.5. The van der Waals surface area contributed by atoms with E-state index in [1.807, 2.05) is 10.7 Å². The second-order valence-corrected chi connectivity index (χ2v) is 4.75. The van der Waals surface area contributed by atoms with Gasteiger partial charge in [0.1, 0.15) is 5.82 Å². The molecule has 1 saturated carbocycles. The smallest absolute Gasteiger partial charge is 0.225 e. The van der Waals surface area contributed by atoms with Crippen molar-refractivity contribution in [3.63, 3.8) is 0 Å². The molecule has 0 spiro atoms. The molecule has 0 unspecified atom stereocenters. The van der Waals surface area contributed by atoms with Crippen LogP contribution in [-0.2, 0) is 4.79 Å². The van der Waals surface area contributed by atoms with E-state index in [0.717, 1.165) is 18.7 Å².